The third-order valence-electron chi connectivity index (χ3n) is 2.31. The number of hydrogen-bond donors (Lipinski definition) is 1. The zero-order valence-electron chi connectivity index (χ0n) is 11.0. The molecule has 2 rings (SSSR count). The Kier molecular flexibility index (Phi) is 4.05. The molecule has 2 heterocycles. The lowest BCUT2D eigenvalue weighted by atomic mass is 10.1. The fraction of sp³-hybridized carbons (Fsp3) is 0.538. The second-order valence-electron chi connectivity index (χ2n) is 4.03. The fourth-order valence-electron chi connectivity index (χ4n) is 1.72. The average Bonchev–Trinajstić information content (AvgIpc) is 2.59. The summed E-state index contributed by atoms with van der Waals surface area (Å²) in [5.41, 5.74) is 3.23. The largest absolute Gasteiger partial charge is 0.343 e. The smallest absolute Gasteiger partial charge is 0.141 e. The molecular formula is C13H21N3. The molecule has 0 aliphatic heterocycles. The van der Waals surface area contributed by atoms with Gasteiger partial charge in [0.05, 0.1) is 5.69 Å². The first-order valence-electron chi connectivity index (χ1n) is 5.92. The van der Waals surface area contributed by atoms with Crippen LogP contribution in [0, 0.1) is 13.8 Å². The molecule has 0 bridgehead atoms. The summed E-state index contributed by atoms with van der Waals surface area (Å²) in [5.74, 6) is 1.28. The van der Waals surface area contributed by atoms with Crippen LogP contribution in [0.3, 0.4) is 0 Å². The van der Waals surface area contributed by atoms with Crippen LogP contribution in [0.5, 0.6) is 0 Å². The molecule has 16 heavy (non-hydrogen) atoms. The van der Waals surface area contributed by atoms with Crippen LogP contribution in [0.15, 0.2) is 6.07 Å². The van der Waals surface area contributed by atoms with E-state index in [1.165, 1.54) is 0 Å². The summed E-state index contributed by atoms with van der Waals surface area (Å²) in [6, 6.07) is 2.12. The van der Waals surface area contributed by atoms with Crippen molar-refractivity contribution in [3.05, 3.63) is 23.3 Å². The first-order valence-corrected chi connectivity index (χ1v) is 5.92. The van der Waals surface area contributed by atoms with Gasteiger partial charge in [-0.05, 0) is 25.8 Å². The Morgan fingerprint density at radius 3 is 2.31 bits per heavy atom. The highest BCUT2D eigenvalue weighted by molar-refractivity contribution is 5.79. The number of rotatable bonds is 1. The van der Waals surface area contributed by atoms with E-state index in [1.807, 2.05) is 27.7 Å². The van der Waals surface area contributed by atoms with Crippen LogP contribution in [-0.2, 0) is 0 Å². The molecule has 0 amide bonds. The molecule has 88 valence electrons. The Balaban J connectivity index is 0.000000606. The van der Waals surface area contributed by atoms with Gasteiger partial charge >= 0.3 is 0 Å². The molecule has 0 saturated heterocycles. The van der Waals surface area contributed by atoms with Gasteiger partial charge in [-0.2, -0.15) is 0 Å². The molecular weight excluding hydrogens is 198 g/mol. The first kappa shape index (κ1) is 12.7. The summed E-state index contributed by atoms with van der Waals surface area (Å²) < 4.78 is 0. The third-order valence-corrected chi connectivity index (χ3v) is 2.31. The van der Waals surface area contributed by atoms with Gasteiger partial charge < -0.3 is 4.98 Å². The van der Waals surface area contributed by atoms with Gasteiger partial charge in [-0.3, -0.25) is 0 Å². The SMILES string of the molecule is CC.Cc1nc(C(C)C)c2cc(C)[nH]c2n1. The van der Waals surface area contributed by atoms with Gasteiger partial charge in [-0.15, -0.1) is 0 Å². The fourth-order valence-corrected chi connectivity index (χ4v) is 1.72. The van der Waals surface area contributed by atoms with Crippen LogP contribution in [0.4, 0.5) is 0 Å². The molecule has 0 unspecified atom stereocenters. The van der Waals surface area contributed by atoms with Crippen molar-refractivity contribution in [2.75, 3.05) is 0 Å². The van der Waals surface area contributed by atoms with Crippen molar-refractivity contribution >= 4 is 11.0 Å². The van der Waals surface area contributed by atoms with Gasteiger partial charge in [0.25, 0.3) is 0 Å². The van der Waals surface area contributed by atoms with Gasteiger partial charge in [-0.25, -0.2) is 9.97 Å². The summed E-state index contributed by atoms with van der Waals surface area (Å²) in [6.07, 6.45) is 0. The molecule has 0 aromatic carbocycles. The normalized spacial score (nSPS) is 10.4. The summed E-state index contributed by atoms with van der Waals surface area (Å²) in [4.78, 5) is 12.1. The van der Waals surface area contributed by atoms with Crippen molar-refractivity contribution in [2.45, 2.75) is 47.5 Å². The molecule has 0 aliphatic rings. The van der Waals surface area contributed by atoms with E-state index in [1.54, 1.807) is 0 Å². The molecule has 3 heteroatoms. The van der Waals surface area contributed by atoms with Crippen LogP contribution in [0.2, 0.25) is 0 Å². The monoisotopic (exact) mass is 219 g/mol. The molecule has 3 nitrogen and oxygen atoms in total. The summed E-state index contributed by atoms with van der Waals surface area (Å²) >= 11 is 0. The number of H-pyrrole nitrogens is 1. The number of aryl methyl sites for hydroxylation is 2. The molecule has 2 aromatic heterocycles. The quantitative estimate of drug-likeness (QED) is 0.794. The van der Waals surface area contributed by atoms with E-state index >= 15 is 0 Å². The average molecular weight is 219 g/mol. The maximum absolute atomic E-state index is 4.48. The minimum absolute atomic E-state index is 0.439. The lowest BCUT2D eigenvalue weighted by molar-refractivity contribution is 0.817. The predicted molar refractivity (Wildman–Crippen MR) is 68.8 cm³/mol. The van der Waals surface area contributed by atoms with E-state index in [0.29, 0.717) is 5.92 Å². The first-order chi connectivity index (χ1) is 7.58. The zero-order valence-corrected chi connectivity index (χ0v) is 11.0. The van der Waals surface area contributed by atoms with Crippen molar-refractivity contribution in [1.82, 2.24) is 15.0 Å². The molecule has 0 spiro atoms. The van der Waals surface area contributed by atoms with Gasteiger partial charge in [0.2, 0.25) is 0 Å². The number of fused-ring (bicyclic) bond motifs is 1. The van der Waals surface area contributed by atoms with Crippen LogP contribution in [0.1, 0.15) is 50.8 Å². The summed E-state index contributed by atoms with van der Waals surface area (Å²) in [7, 11) is 0. The van der Waals surface area contributed by atoms with E-state index in [2.05, 4.69) is 34.9 Å². The highest BCUT2D eigenvalue weighted by atomic mass is 15.0. The van der Waals surface area contributed by atoms with Crippen LogP contribution >= 0.6 is 0 Å². The minimum atomic E-state index is 0.439. The van der Waals surface area contributed by atoms with E-state index in [0.717, 1.165) is 28.2 Å². The molecule has 0 aliphatic carbocycles. The van der Waals surface area contributed by atoms with Gasteiger partial charge in [0, 0.05) is 11.1 Å². The second-order valence-corrected chi connectivity index (χ2v) is 4.03. The van der Waals surface area contributed by atoms with Crippen LogP contribution < -0.4 is 0 Å². The molecule has 0 saturated carbocycles. The maximum Gasteiger partial charge on any atom is 0.141 e. The maximum atomic E-state index is 4.48. The highest BCUT2D eigenvalue weighted by Crippen LogP contribution is 2.22. The molecule has 0 radical (unpaired) electrons. The van der Waals surface area contributed by atoms with Gasteiger partial charge in [0.15, 0.2) is 0 Å². The number of aromatic nitrogens is 3. The lowest BCUT2D eigenvalue weighted by Crippen LogP contribution is -1.98. The van der Waals surface area contributed by atoms with E-state index < -0.39 is 0 Å². The number of nitrogens with one attached hydrogen (secondary N) is 1. The van der Waals surface area contributed by atoms with Crippen molar-refractivity contribution < 1.29 is 0 Å². The summed E-state index contributed by atoms with van der Waals surface area (Å²) in [6.45, 7) is 12.3. The van der Waals surface area contributed by atoms with E-state index in [-0.39, 0.29) is 0 Å². The van der Waals surface area contributed by atoms with E-state index in [9.17, 15) is 0 Å². The zero-order chi connectivity index (χ0) is 12.3. The van der Waals surface area contributed by atoms with Crippen molar-refractivity contribution in [2.24, 2.45) is 0 Å². The Labute approximate surface area is 97.3 Å². The molecule has 1 N–H and O–H groups in total. The second kappa shape index (κ2) is 5.10. The minimum Gasteiger partial charge on any atom is -0.343 e. The highest BCUT2D eigenvalue weighted by Gasteiger charge is 2.10. The molecule has 0 atom stereocenters. The number of nitrogens with zero attached hydrogens (tertiary/aromatic N) is 2. The topological polar surface area (TPSA) is 41.6 Å². The van der Waals surface area contributed by atoms with Crippen molar-refractivity contribution in [3.8, 4) is 0 Å². The summed E-state index contributed by atoms with van der Waals surface area (Å²) in [5, 5.41) is 1.16. The van der Waals surface area contributed by atoms with Crippen molar-refractivity contribution in [3.63, 3.8) is 0 Å². The van der Waals surface area contributed by atoms with Crippen LogP contribution in [0.25, 0.3) is 11.0 Å². The Hall–Kier alpha value is -1.38. The Bertz CT molecular complexity index is 469. The van der Waals surface area contributed by atoms with Gasteiger partial charge in [0.1, 0.15) is 11.5 Å². The number of aromatic amines is 1. The van der Waals surface area contributed by atoms with Crippen molar-refractivity contribution in [1.29, 1.82) is 0 Å². The standard InChI is InChI=1S/C11H15N3.C2H6/c1-6(2)10-9-5-7(3)12-11(9)14-8(4)13-10;1-2/h5-6H,1-4H3,(H,12,13,14);1-2H3. The third kappa shape index (κ3) is 2.40. The predicted octanol–water partition coefficient (Wildman–Crippen LogP) is 3.72. The van der Waals surface area contributed by atoms with Gasteiger partial charge in [-0.1, -0.05) is 27.7 Å². The van der Waals surface area contributed by atoms with E-state index in [4.69, 9.17) is 0 Å². The Morgan fingerprint density at radius 2 is 1.75 bits per heavy atom. The molecule has 0 fully saturated rings. The molecule has 2 aromatic rings. The lowest BCUT2D eigenvalue weighted by Gasteiger charge is -2.06. The number of hydrogen-bond acceptors (Lipinski definition) is 2. The Morgan fingerprint density at radius 1 is 1.12 bits per heavy atom. The van der Waals surface area contributed by atoms with Crippen LogP contribution in [-0.4, -0.2) is 15.0 Å².